The molecule has 1 aromatic rings. The van der Waals surface area contributed by atoms with Crippen LogP contribution in [0.3, 0.4) is 0 Å². The third-order valence-corrected chi connectivity index (χ3v) is 8.86. The van der Waals surface area contributed by atoms with E-state index >= 15 is 0 Å². The van der Waals surface area contributed by atoms with Crippen LogP contribution in [0.1, 0.15) is 77.6 Å². The highest BCUT2D eigenvalue weighted by Gasteiger charge is 2.59. The van der Waals surface area contributed by atoms with Gasteiger partial charge in [-0.15, -0.1) is 0 Å². The van der Waals surface area contributed by atoms with Crippen LogP contribution in [-0.4, -0.2) is 26.9 Å². The summed E-state index contributed by atoms with van der Waals surface area (Å²) in [6.45, 7) is 2.25. The molecule has 4 atom stereocenters. The second-order valence-electron chi connectivity index (χ2n) is 10.9. The van der Waals surface area contributed by atoms with Crippen LogP contribution >= 0.6 is 11.6 Å². The molecule has 0 saturated heterocycles. The minimum atomic E-state index is -0.730. The number of nitrogens with zero attached hydrogens (tertiary/aromatic N) is 2. The van der Waals surface area contributed by atoms with Crippen molar-refractivity contribution in [2.45, 2.75) is 89.1 Å². The molecule has 4 bridgehead atoms. The van der Waals surface area contributed by atoms with Gasteiger partial charge in [-0.3, -0.25) is 9.59 Å². The van der Waals surface area contributed by atoms with Gasteiger partial charge in [0.15, 0.2) is 0 Å². The lowest BCUT2D eigenvalue weighted by Gasteiger charge is -2.61. The second-order valence-corrected chi connectivity index (χ2v) is 11.2. The molecule has 5 saturated carbocycles. The van der Waals surface area contributed by atoms with Crippen LogP contribution in [0, 0.1) is 23.2 Å². The first-order chi connectivity index (χ1) is 14.3. The normalized spacial score (nSPS) is 39.8. The van der Waals surface area contributed by atoms with Crippen molar-refractivity contribution < 1.29 is 9.90 Å². The Morgan fingerprint density at radius 1 is 1.27 bits per heavy atom. The van der Waals surface area contributed by atoms with E-state index in [0.717, 1.165) is 44.9 Å². The number of carboxylic acid groups (broad SMARTS) is 1. The number of nitrogens with one attached hydrogen (secondary N) is 1. The van der Waals surface area contributed by atoms with E-state index in [0.29, 0.717) is 29.5 Å². The molecule has 0 aliphatic heterocycles. The summed E-state index contributed by atoms with van der Waals surface area (Å²) in [4.78, 5) is 25.0. The Morgan fingerprint density at radius 3 is 2.63 bits per heavy atom. The third-order valence-electron chi connectivity index (χ3n) is 8.50. The highest BCUT2D eigenvalue weighted by Crippen LogP contribution is 2.65. The Bertz CT molecular complexity index is 899. The predicted molar refractivity (Wildman–Crippen MR) is 116 cm³/mol. The van der Waals surface area contributed by atoms with E-state index in [1.807, 2.05) is 0 Å². The number of rotatable bonds is 5. The molecule has 6 nitrogen and oxygen atoms in total. The largest absolute Gasteiger partial charge is 0.481 e. The number of anilines is 1. The number of hydrogen-bond acceptors (Lipinski definition) is 4. The van der Waals surface area contributed by atoms with E-state index < -0.39 is 5.97 Å². The van der Waals surface area contributed by atoms with Gasteiger partial charge in [0, 0.05) is 6.04 Å². The maximum absolute atomic E-state index is 13.4. The number of carbonyl (C=O) groups is 1. The van der Waals surface area contributed by atoms with E-state index in [1.165, 1.54) is 19.3 Å². The SMILES string of the molecule is CC1CCCCC1Nc1cnn(C23CC4CC(CC(CC(=O)O)(C4)C2)C3)c(=O)c1Cl. The third kappa shape index (κ3) is 3.35. The van der Waals surface area contributed by atoms with Gasteiger partial charge in [0.1, 0.15) is 5.02 Å². The quantitative estimate of drug-likeness (QED) is 0.705. The molecule has 5 aliphatic carbocycles. The molecule has 5 aliphatic rings. The molecule has 2 N–H and O–H groups in total. The molecule has 164 valence electrons. The molecular formula is C23H32ClN3O3. The van der Waals surface area contributed by atoms with Crippen LogP contribution in [0.25, 0.3) is 0 Å². The Morgan fingerprint density at radius 2 is 1.97 bits per heavy atom. The fourth-order valence-corrected chi connectivity index (χ4v) is 7.96. The zero-order chi connectivity index (χ0) is 21.1. The maximum Gasteiger partial charge on any atom is 0.303 e. The van der Waals surface area contributed by atoms with Crippen LogP contribution in [0.15, 0.2) is 11.0 Å². The van der Waals surface area contributed by atoms with Crippen molar-refractivity contribution in [3.63, 3.8) is 0 Å². The molecule has 0 amide bonds. The first-order valence-electron chi connectivity index (χ1n) is 11.6. The average molecular weight is 434 g/mol. The van der Waals surface area contributed by atoms with Gasteiger partial charge in [0.25, 0.3) is 5.56 Å². The topological polar surface area (TPSA) is 84.2 Å². The van der Waals surface area contributed by atoms with Crippen molar-refractivity contribution >= 4 is 23.3 Å². The zero-order valence-electron chi connectivity index (χ0n) is 17.7. The van der Waals surface area contributed by atoms with Gasteiger partial charge in [-0.1, -0.05) is 31.4 Å². The van der Waals surface area contributed by atoms with E-state index in [-0.39, 0.29) is 28.0 Å². The summed E-state index contributed by atoms with van der Waals surface area (Å²) in [6.07, 6.45) is 12.3. The smallest absolute Gasteiger partial charge is 0.303 e. The Labute approximate surface area is 182 Å². The van der Waals surface area contributed by atoms with E-state index in [9.17, 15) is 14.7 Å². The summed E-state index contributed by atoms with van der Waals surface area (Å²) in [5.74, 6) is 0.792. The summed E-state index contributed by atoms with van der Waals surface area (Å²) in [7, 11) is 0. The van der Waals surface area contributed by atoms with E-state index in [2.05, 4.69) is 17.3 Å². The van der Waals surface area contributed by atoms with Gasteiger partial charge in [0.2, 0.25) is 0 Å². The van der Waals surface area contributed by atoms with Crippen LogP contribution < -0.4 is 10.9 Å². The molecule has 0 radical (unpaired) electrons. The number of aliphatic carboxylic acids is 1. The number of hydrogen-bond donors (Lipinski definition) is 2. The van der Waals surface area contributed by atoms with Gasteiger partial charge < -0.3 is 10.4 Å². The number of carboxylic acids is 1. The van der Waals surface area contributed by atoms with Gasteiger partial charge in [0.05, 0.1) is 23.8 Å². The summed E-state index contributed by atoms with van der Waals surface area (Å²) in [6, 6.07) is 0.326. The lowest BCUT2D eigenvalue weighted by atomic mass is 9.46. The van der Waals surface area contributed by atoms with Gasteiger partial charge >= 0.3 is 5.97 Å². The number of aromatic nitrogens is 2. The highest BCUT2D eigenvalue weighted by atomic mass is 35.5. The van der Waals surface area contributed by atoms with Crippen molar-refractivity contribution in [2.75, 3.05) is 5.32 Å². The van der Waals surface area contributed by atoms with Crippen LogP contribution in [0.4, 0.5) is 5.69 Å². The summed E-state index contributed by atoms with van der Waals surface area (Å²) >= 11 is 6.59. The molecule has 5 fully saturated rings. The summed E-state index contributed by atoms with van der Waals surface area (Å²) < 4.78 is 1.64. The first kappa shape index (κ1) is 20.3. The molecule has 0 aromatic carbocycles. The Hall–Kier alpha value is -1.56. The van der Waals surface area contributed by atoms with Crippen molar-refractivity contribution in [3.05, 3.63) is 21.6 Å². The maximum atomic E-state index is 13.4. The van der Waals surface area contributed by atoms with Gasteiger partial charge in [-0.25, -0.2) is 4.68 Å². The molecule has 0 spiro atoms. The highest BCUT2D eigenvalue weighted by molar-refractivity contribution is 6.32. The van der Waals surface area contributed by atoms with E-state index in [1.54, 1.807) is 10.9 Å². The molecule has 30 heavy (non-hydrogen) atoms. The fourth-order valence-electron chi connectivity index (χ4n) is 7.78. The average Bonchev–Trinajstić information content (AvgIpc) is 2.65. The van der Waals surface area contributed by atoms with Crippen LogP contribution in [0.5, 0.6) is 0 Å². The van der Waals surface area contributed by atoms with Crippen molar-refractivity contribution in [3.8, 4) is 0 Å². The second kappa shape index (κ2) is 7.25. The first-order valence-corrected chi connectivity index (χ1v) is 11.9. The summed E-state index contributed by atoms with van der Waals surface area (Å²) in [5, 5.41) is 17.9. The van der Waals surface area contributed by atoms with Gasteiger partial charge in [-0.2, -0.15) is 5.10 Å². The van der Waals surface area contributed by atoms with E-state index in [4.69, 9.17) is 11.6 Å². The van der Waals surface area contributed by atoms with Crippen molar-refractivity contribution in [2.24, 2.45) is 23.2 Å². The van der Waals surface area contributed by atoms with Gasteiger partial charge in [-0.05, 0) is 74.5 Å². The zero-order valence-corrected chi connectivity index (χ0v) is 18.5. The molecule has 1 aromatic heterocycles. The number of halogens is 1. The molecule has 1 heterocycles. The monoisotopic (exact) mass is 433 g/mol. The molecule has 7 heteroatoms. The lowest BCUT2D eigenvalue weighted by molar-refractivity contribution is -0.151. The Balaban J connectivity index is 1.46. The minimum absolute atomic E-state index is 0.196. The summed E-state index contributed by atoms with van der Waals surface area (Å²) in [5.41, 5.74) is -0.159. The van der Waals surface area contributed by atoms with Crippen LogP contribution in [0.2, 0.25) is 5.02 Å². The molecular weight excluding hydrogens is 402 g/mol. The predicted octanol–water partition coefficient (Wildman–Crippen LogP) is 4.66. The lowest BCUT2D eigenvalue weighted by Crippen LogP contribution is -2.59. The van der Waals surface area contributed by atoms with Crippen molar-refractivity contribution in [1.82, 2.24) is 9.78 Å². The van der Waals surface area contributed by atoms with Crippen LogP contribution in [-0.2, 0) is 10.3 Å². The van der Waals surface area contributed by atoms with Crippen molar-refractivity contribution in [1.29, 1.82) is 0 Å². The standard InChI is InChI=1S/C23H32ClN3O3/c1-14-4-2-3-5-17(14)26-18-12-25-27(21(30)20(18)24)23-9-15-6-16(10-23)8-22(7-15,13-23)11-19(28)29/h12,14-17,26H,2-11,13H2,1H3,(H,28,29). The fraction of sp³-hybridized carbons (Fsp3) is 0.783. The minimum Gasteiger partial charge on any atom is -0.481 e. The Kier molecular flexibility index (Phi) is 4.92. The molecule has 6 rings (SSSR count). The molecule has 4 unspecified atom stereocenters.